The summed E-state index contributed by atoms with van der Waals surface area (Å²) in [5.74, 6) is 0. The number of pyridine rings is 1. The fourth-order valence-electron chi connectivity index (χ4n) is 2.79. The van der Waals surface area contributed by atoms with Crippen LogP contribution in [0.25, 0.3) is 16.9 Å². The van der Waals surface area contributed by atoms with E-state index >= 15 is 0 Å². The van der Waals surface area contributed by atoms with Gasteiger partial charge >= 0.3 is 0 Å². The summed E-state index contributed by atoms with van der Waals surface area (Å²) in [6.07, 6.45) is 5.86. The molecule has 0 aliphatic carbocycles. The minimum atomic E-state index is 0.174. The van der Waals surface area contributed by atoms with Gasteiger partial charge in [0.2, 0.25) is 0 Å². The molecule has 3 aromatic heterocycles. The zero-order valence-corrected chi connectivity index (χ0v) is 15.5. The first-order chi connectivity index (χ1) is 12.1. The summed E-state index contributed by atoms with van der Waals surface area (Å²) in [5, 5.41) is 1.78. The zero-order chi connectivity index (χ0) is 17.4. The first kappa shape index (κ1) is 16.2. The number of aromatic nitrogens is 4. The average molecular weight is 369 g/mol. The highest BCUT2D eigenvalue weighted by molar-refractivity contribution is 7.99. The molecule has 6 heteroatoms. The van der Waals surface area contributed by atoms with E-state index in [-0.39, 0.29) is 5.25 Å². The van der Waals surface area contributed by atoms with E-state index in [1.165, 1.54) is 0 Å². The van der Waals surface area contributed by atoms with Crippen LogP contribution in [0.3, 0.4) is 0 Å². The normalized spacial score (nSPS) is 12.6. The van der Waals surface area contributed by atoms with Crippen LogP contribution in [0.15, 0.2) is 60.1 Å². The lowest BCUT2D eigenvalue weighted by molar-refractivity contribution is 0.995. The van der Waals surface area contributed by atoms with E-state index in [0.717, 1.165) is 33.3 Å². The summed E-state index contributed by atoms with van der Waals surface area (Å²) < 4.78 is 1.99. The number of H-pyrrole nitrogens is 1. The van der Waals surface area contributed by atoms with Crippen LogP contribution in [-0.4, -0.2) is 19.4 Å². The lowest BCUT2D eigenvalue weighted by Gasteiger charge is -2.04. The predicted octanol–water partition coefficient (Wildman–Crippen LogP) is 5.54. The van der Waals surface area contributed by atoms with Crippen LogP contribution < -0.4 is 0 Å². The van der Waals surface area contributed by atoms with Crippen LogP contribution in [-0.2, 0) is 0 Å². The molecule has 3 heterocycles. The van der Waals surface area contributed by atoms with E-state index in [9.17, 15) is 0 Å². The van der Waals surface area contributed by atoms with Gasteiger partial charge in [-0.1, -0.05) is 53.7 Å². The largest absolute Gasteiger partial charge is 0.339 e. The van der Waals surface area contributed by atoms with E-state index in [4.69, 9.17) is 16.6 Å². The smallest absolute Gasteiger partial charge is 0.166 e. The number of nitrogens with zero attached hydrogens (tertiary/aromatic N) is 3. The molecule has 1 aromatic carbocycles. The molecule has 0 spiro atoms. The Kier molecular flexibility index (Phi) is 4.27. The van der Waals surface area contributed by atoms with Crippen molar-refractivity contribution in [2.75, 3.05) is 0 Å². The summed E-state index contributed by atoms with van der Waals surface area (Å²) in [7, 11) is 0. The predicted molar refractivity (Wildman–Crippen MR) is 103 cm³/mol. The molecule has 4 nitrogen and oxygen atoms in total. The van der Waals surface area contributed by atoms with Gasteiger partial charge in [-0.2, -0.15) is 0 Å². The highest BCUT2D eigenvalue weighted by Crippen LogP contribution is 2.34. The topological polar surface area (TPSA) is 46.0 Å². The standard InChI is InChI=1S/C19H17ClN4S/c1-12-8-15(20)10-24-11-17(22-18(12)24)13(2)25-19-21-9-16(23-19)14-6-4-3-5-7-14/h3-11,13H,1-2H3,(H,21,23). The first-order valence-corrected chi connectivity index (χ1v) is 9.28. The highest BCUT2D eigenvalue weighted by Gasteiger charge is 2.15. The van der Waals surface area contributed by atoms with E-state index in [2.05, 4.69) is 29.0 Å². The third kappa shape index (κ3) is 3.30. The van der Waals surface area contributed by atoms with Gasteiger partial charge in [0.1, 0.15) is 5.65 Å². The molecule has 0 saturated carbocycles. The van der Waals surface area contributed by atoms with Crippen molar-refractivity contribution in [3.63, 3.8) is 0 Å². The van der Waals surface area contributed by atoms with Crippen molar-refractivity contribution in [3.05, 3.63) is 71.3 Å². The summed E-state index contributed by atoms with van der Waals surface area (Å²) in [5.41, 5.74) is 5.08. The number of hydrogen-bond donors (Lipinski definition) is 1. The maximum atomic E-state index is 6.13. The van der Waals surface area contributed by atoms with Gasteiger partial charge in [-0.3, -0.25) is 0 Å². The molecule has 4 rings (SSSR count). The Balaban J connectivity index is 1.57. The van der Waals surface area contributed by atoms with E-state index in [1.54, 1.807) is 11.8 Å². The highest BCUT2D eigenvalue weighted by atomic mass is 35.5. The molecule has 126 valence electrons. The third-order valence-electron chi connectivity index (χ3n) is 4.05. The van der Waals surface area contributed by atoms with Crippen LogP contribution >= 0.6 is 23.4 Å². The Morgan fingerprint density at radius 3 is 2.76 bits per heavy atom. The van der Waals surface area contributed by atoms with Gasteiger partial charge in [-0.05, 0) is 25.5 Å². The Morgan fingerprint density at radius 2 is 1.96 bits per heavy atom. The van der Waals surface area contributed by atoms with Gasteiger partial charge in [0, 0.05) is 24.2 Å². The Hall–Kier alpha value is -2.24. The van der Waals surface area contributed by atoms with E-state index in [1.807, 2.05) is 54.2 Å². The minimum Gasteiger partial charge on any atom is -0.339 e. The number of aromatic amines is 1. The molecule has 1 unspecified atom stereocenters. The molecule has 0 aliphatic heterocycles. The summed E-state index contributed by atoms with van der Waals surface area (Å²) in [4.78, 5) is 12.7. The fraction of sp³-hybridized carbons (Fsp3) is 0.158. The lowest BCUT2D eigenvalue weighted by atomic mass is 10.2. The van der Waals surface area contributed by atoms with Crippen LogP contribution in [0, 0.1) is 6.92 Å². The number of halogens is 1. The van der Waals surface area contributed by atoms with Crippen LogP contribution in [0.5, 0.6) is 0 Å². The second-order valence-electron chi connectivity index (χ2n) is 5.95. The summed E-state index contributed by atoms with van der Waals surface area (Å²) in [6, 6.07) is 12.1. The average Bonchev–Trinajstić information content (AvgIpc) is 3.22. The fourth-order valence-corrected chi connectivity index (χ4v) is 3.91. The molecule has 0 amide bonds. The van der Waals surface area contributed by atoms with Crippen LogP contribution in [0.2, 0.25) is 5.02 Å². The number of rotatable bonds is 4. The zero-order valence-electron chi connectivity index (χ0n) is 13.9. The van der Waals surface area contributed by atoms with Crippen molar-refractivity contribution in [2.24, 2.45) is 0 Å². The van der Waals surface area contributed by atoms with Gasteiger partial charge in [-0.15, -0.1) is 0 Å². The van der Waals surface area contributed by atoms with Gasteiger partial charge in [0.05, 0.1) is 21.7 Å². The Labute approximate surface area is 155 Å². The van der Waals surface area contributed by atoms with E-state index in [0.29, 0.717) is 5.02 Å². The third-order valence-corrected chi connectivity index (χ3v) is 5.28. The lowest BCUT2D eigenvalue weighted by Crippen LogP contribution is -1.89. The number of thioether (sulfide) groups is 1. The van der Waals surface area contributed by atoms with Crippen molar-refractivity contribution in [1.29, 1.82) is 0 Å². The first-order valence-electron chi connectivity index (χ1n) is 8.02. The Bertz CT molecular complexity index is 1020. The molecule has 1 N–H and O–H groups in total. The van der Waals surface area contributed by atoms with Crippen molar-refractivity contribution in [1.82, 2.24) is 19.4 Å². The number of aryl methyl sites for hydroxylation is 1. The summed E-state index contributed by atoms with van der Waals surface area (Å²) >= 11 is 7.80. The van der Waals surface area contributed by atoms with Gasteiger partial charge < -0.3 is 9.38 Å². The van der Waals surface area contributed by atoms with Crippen molar-refractivity contribution in [2.45, 2.75) is 24.3 Å². The number of benzene rings is 1. The molecular formula is C19H17ClN4S. The van der Waals surface area contributed by atoms with Crippen LogP contribution in [0.4, 0.5) is 0 Å². The number of nitrogens with one attached hydrogen (secondary N) is 1. The summed E-state index contributed by atoms with van der Waals surface area (Å²) in [6.45, 7) is 4.16. The molecule has 0 saturated heterocycles. The second-order valence-corrected chi connectivity index (χ2v) is 7.72. The monoisotopic (exact) mass is 368 g/mol. The van der Waals surface area contributed by atoms with Crippen molar-refractivity contribution in [3.8, 4) is 11.3 Å². The van der Waals surface area contributed by atoms with Gasteiger partial charge in [-0.25, -0.2) is 9.97 Å². The molecule has 25 heavy (non-hydrogen) atoms. The molecule has 0 aliphatic rings. The molecular weight excluding hydrogens is 352 g/mol. The van der Waals surface area contributed by atoms with Crippen LogP contribution in [0.1, 0.15) is 23.4 Å². The second kappa shape index (κ2) is 6.58. The maximum Gasteiger partial charge on any atom is 0.166 e. The van der Waals surface area contributed by atoms with Gasteiger partial charge in [0.15, 0.2) is 5.16 Å². The molecule has 1 atom stereocenters. The van der Waals surface area contributed by atoms with Crippen molar-refractivity contribution < 1.29 is 0 Å². The SMILES string of the molecule is Cc1cc(Cl)cn2cc(C(C)Sc3nc(-c4ccccc4)c[nH]3)nc12. The molecule has 0 fully saturated rings. The maximum absolute atomic E-state index is 6.13. The Morgan fingerprint density at radius 1 is 1.16 bits per heavy atom. The van der Waals surface area contributed by atoms with E-state index < -0.39 is 0 Å². The quantitative estimate of drug-likeness (QED) is 0.481. The molecule has 0 bridgehead atoms. The number of imidazole rings is 2. The molecule has 4 aromatic rings. The van der Waals surface area contributed by atoms with Crippen molar-refractivity contribution >= 4 is 29.0 Å². The van der Waals surface area contributed by atoms with Gasteiger partial charge in [0.25, 0.3) is 0 Å². The number of fused-ring (bicyclic) bond motifs is 1. The minimum absolute atomic E-state index is 0.174. The number of hydrogen-bond acceptors (Lipinski definition) is 3. The molecule has 0 radical (unpaired) electrons.